The van der Waals surface area contributed by atoms with Crippen LogP contribution in [0.1, 0.15) is 24.2 Å². The van der Waals surface area contributed by atoms with Gasteiger partial charge in [0.05, 0.1) is 6.54 Å². The minimum absolute atomic E-state index is 0.0677. The van der Waals surface area contributed by atoms with E-state index in [1.54, 1.807) is 24.3 Å². The highest BCUT2D eigenvalue weighted by atomic mass is 16.5. The SMILES string of the molecule is CC(C)CN(C)CC(=O)Nc1ccc(-c2ccc(C(=O)N[C@@H](CN)C(=O)NO)cc2)cc1. The fourth-order valence-corrected chi connectivity index (χ4v) is 3.24. The zero-order valence-electron chi connectivity index (χ0n) is 18.6. The second-order valence-electron chi connectivity index (χ2n) is 8.03. The molecule has 0 aliphatic rings. The third-order valence-electron chi connectivity index (χ3n) is 4.71. The Labute approximate surface area is 187 Å². The van der Waals surface area contributed by atoms with Gasteiger partial charge in [-0.05, 0) is 48.4 Å². The molecule has 0 saturated carbocycles. The second-order valence-corrected chi connectivity index (χ2v) is 8.03. The molecule has 1 atom stereocenters. The molecule has 0 aromatic heterocycles. The van der Waals surface area contributed by atoms with Crippen LogP contribution in [0.15, 0.2) is 48.5 Å². The lowest BCUT2D eigenvalue weighted by molar-refractivity contribution is -0.130. The average molecular weight is 442 g/mol. The fraction of sp³-hybridized carbons (Fsp3) is 0.348. The number of nitrogens with zero attached hydrogens (tertiary/aromatic N) is 1. The Morgan fingerprint density at radius 1 is 1.00 bits per heavy atom. The maximum absolute atomic E-state index is 12.3. The van der Waals surface area contributed by atoms with Gasteiger partial charge in [-0.25, -0.2) is 5.48 Å². The highest BCUT2D eigenvalue weighted by molar-refractivity contribution is 5.98. The lowest BCUT2D eigenvalue weighted by atomic mass is 10.0. The van der Waals surface area contributed by atoms with E-state index in [4.69, 9.17) is 10.9 Å². The Kier molecular flexibility index (Phi) is 9.33. The number of rotatable bonds is 10. The van der Waals surface area contributed by atoms with Crippen LogP contribution in [0.25, 0.3) is 11.1 Å². The number of likely N-dealkylation sites (N-methyl/N-ethyl adjacent to an activating group) is 1. The van der Waals surface area contributed by atoms with Gasteiger partial charge in [0.1, 0.15) is 6.04 Å². The van der Waals surface area contributed by atoms with Crippen molar-refractivity contribution in [2.24, 2.45) is 11.7 Å². The van der Waals surface area contributed by atoms with Crippen molar-refractivity contribution in [3.63, 3.8) is 0 Å². The van der Waals surface area contributed by atoms with Gasteiger partial charge in [-0.2, -0.15) is 0 Å². The summed E-state index contributed by atoms with van der Waals surface area (Å²) in [6, 6.07) is 13.2. The lowest BCUT2D eigenvalue weighted by Gasteiger charge is -2.18. The summed E-state index contributed by atoms with van der Waals surface area (Å²) in [4.78, 5) is 37.9. The minimum Gasteiger partial charge on any atom is -0.339 e. The van der Waals surface area contributed by atoms with Gasteiger partial charge in [0.25, 0.3) is 11.8 Å². The Bertz CT molecular complexity index is 913. The molecule has 2 aromatic rings. The Balaban J connectivity index is 1.97. The number of hydrogen-bond acceptors (Lipinski definition) is 6. The van der Waals surface area contributed by atoms with Crippen molar-refractivity contribution in [2.75, 3.05) is 32.0 Å². The molecule has 9 heteroatoms. The van der Waals surface area contributed by atoms with E-state index < -0.39 is 17.9 Å². The van der Waals surface area contributed by atoms with Crippen LogP contribution in [-0.4, -0.2) is 60.6 Å². The summed E-state index contributed by atoms with van der Waals surface area (Å²) < 4.78 is 0. The molecule has 0 radical (unpaired) electrons. The molecule has 0 aliphatic heterocycles. The molecule has 2 aromatic carbocycles. The monoisotopic (exact) mass is 441 g/mol. The van der Waals surface area contributed by atoms with E-state index in [-0.39, 0.29) is 12.5 Å². The summed E-state index contributed by atoms with van der Waals surface area (Å²) in [6.07, 6.45) is 0. The first-order valence-corrected chi connectivity index (χ1v) is 10.4. The van der Waals surface area contributed by atoms with E-state index in [9.17, 15) is 14.4 Å². The molecule has 32 heavy (non-hydrogen) atoms. The highest BCUT2D eigenvalue weighted by Gasteiger charge is 2.19. The Morgan fingerprint density at radius 3 is 2.06 bits per heavy atom. The molecule has 0 unspecified atom stereocenters. The van der Waals surface area contributed by atoms with Gasteiger partial charge in [-0.15, -0.1) is 0 Å². The van der Waals surface area contributed by atoms with Crippen LogP contribution in [0, 0.1) is 5.92 Å². The van der Waals surface area contributed by atoms with Crippen molar-refractivity contribution in [1.29, 1.82) is 0 Å². The molecule has 0 heterocycles. The number of nitrogens with two attached hydrogens (primary N) is 1. The number of carbonyl (C=O) groups is 3. The van der Waals surface area contributed by atoms with Gasteiger partial charge < -0.3 is 16.4 Å². The predicted molar refractivity (Wildman–Crippen MR) is 123 cm³/mol. The lowest BCUT2D eigenvalue weighted by Crippen LogP contribution is -2.50. The third kappa shape index (κ3) is 7.45. The van der Waals surface area contributed by atoms with E-state index in [0.29, 0.717) is 23.7 Å². The van der Waals surface area contributed by atoms with Gasteiger partial charge in [0.15, 0.2) is 0 Å². The maximum Gasteiger partial charge on any atom is 0.267 e. The van der Waals surface area contributed by atoms with Gasteiger partial charge >= 0.3 is 0 Å². The molecule has 0 saturated heterocycles. The zero-order chi connectivity index (χ0) is 23.7. The van der Waals surface area contributed by atoms with Crippen molar-refractivity contribution < 1.29 is 19.6 Å². The van der Waals surface area contributed by atoms with Crippen LogP contribution in [0.2, 0.25) is 0 Å². The average Bonchev–Trinajstić information content (AvgIpc) is 2.76. The molecule has 6 N–H and O–H groups in total. The normalized spacial score (nSPS) is 11.8. The Hall–Kier alpha value is -3.27. The second kappa shape index (κ2) is 11.9. The van der Waals surface area contributed by atoms with Crippen LogP contribution in [0.5, 0.6) is 0 Å². The predicted octanol–water partition coefficient (Wildman–Crippen LogP) is 1.44. The van der Waals surface area contributed by atoms with Crippen LogP contribution in [-0.2, 0) is 9.59 Å². The highest BCUT2D eigenvalue weighted by Crippen LogP contribution is 2.22. The van der Waals surface area contributed by atoms with E-state index in [2.05, 4.69) is 24.5 Å². The molecule has 3 amide bonds. The van der Waals surface area contributed by atoms with E-state index in [1.165, 1.54) is 5.48 Å². The van der Waals surface area contributed by atoms with Gasteiger partial charge in [-0.1, -0.05) is 38.1 Å². The maximum atomic E-state index is 12.3. The van der Waals surface area contributed by atoms with E-state index in [1.807, 2.05) is 36.2 Å². The van der Waals surface area contributed by atoms with Crippen LogP contribution >= 0.6 is 0 Å². The first-order valence-electron chi connectivity index (χ1n) is 10.4. The van der Waals surface area contributed by atoms with Crippen molar-refractivity contribution >= 4 is 23.4 Å². The first-order chi connectivity index (χ1) is 15.2. The molecular weight excluding hydrogens is 410 g/mol. The molecule has 0 aliphatic carbocycles. The van der Waals surface area contributed by atoms with Gasteiger partial charge in [0.2, 0.25) is 5.91 Å². The third-order valence-corrected chi connectivity index (χ3v) is 4.71. The first kappa shape index (κ1) is 25.0. The number of hydroxylamine groups is 1. The van der Waals surface area contributed by atoms with Crippen molar-refractivity contribution in [3.8, 4) is 11.1 Å². The van der Waals surface area contributed by atoms with Crippen molar-refractivity contribution in [2.45, 2.75) is 19.9 Å². The van der Waals surface area contributed by atoms with Crippen LogP contribution in [0.4, 0.5) is 5.69 Å². The quantitative estimate of drug-likeness (QED) is 0.280. The summed E-state index contributed by atoms with van der Waals surface area (Å²) in [6.45, 7) is 5.25. The number of anilines is 1. The molecule has 0 bridgehead atoms. The van der Waals surface area contributed by atoms with Crippen LogP contribution in [0.3, 0.4) is 0 Å². The zero-order valence-corrected chi connectivity index (χ0v) is 18.6. The van der Waals surface area contributed by atoms with E-state index in [0.717, 1.165) is 17.7 Å². The molecular formula is C23H31N5O4. The fourth-order valence-electron chi connectivity index (χ4n) is 3.24. The summed E-state index contributed by atoms with van der Waals surface area (Å²) in [5.74, 6) is -0.832. The molecule has 2 rings (SSSR count). The molecule has 0 fully saturated rings. The number of amides is 3. The number of nitrogens with one attached hydrogen (secondary N) is 3. The summed E-state index contributed by atoms with van der Waals surface area (Å²) in [7, 11) is 1.92. The largest absolute Gasteiger partial charge is 0.339 e. The van der Waals surface area contributed by atoms with Crippen molar-refractivity contribution in [3.05, 3.63) is 54.1 Å². The van der Waals surface area contributed by atoms with Crippen molar-refractivity contribution in [1.82, 2.24) is 15.7 Å². The molecule has 9 nitrogen and oxygen atoms in total. The number of hydrogen-bond donors (Lipinski definition) is 5. The molecule has 0 spiro atoms. The molecule has 172 valence electrons. The standard InChI is InChI=1S/C23H31N5O4/c1-15(2)13-28(3)14-21(29)25-19-10-8-17(9-11-19)16-4-6-18(7-5-16)22(30)26-20(12-24)23(31)27-32/h4-11,15,20,32H,12-14,24H2,1-3H3,(H,25,29)(H,26,30)(H,27,31)/t20-/m0/s1. The van der Waals surface area contributed by atoms with Crippen LogP contribution < -0.4 is 21.8 Å². The Morgan fingerprint density at radius 2 is 1.56 bits per heavy atom. The smallest absolute Gasteiger partial charge is 0.267 e. The number of carbonyl (C=O) groups excluding carboxylic acids is 3. The van der Waals surface area contributed by atoms with E-state index >= 15 is 0 Å². The minimum atomic E-state index is -1.03. The van der Waals surface area contributed by atoms with Gasteiger partial charge in [0, 0.05) is 24.3 Å². The van der Waals surface area contributed by atoms with Gasteiger partial charge in [-0.3, -0.25) is 24.5 Å². The number of benzene rings is 2. The summed E-state index contributed by atoms with van der Waals surface area (Å²) in [5.41, 5.74) is 9.80. The summed E-state index contributed by atoms with van der Waals surface area (Å²) >= 11 is 0. The summed E-state index contributed by atoms with van der Waals surface area (Å²) in [5, 5.41) is 14.0. The topological polar surface area (TPSA) is 137 Å².